The molecule has 1 aromatic carbocycles. The highest BCUT2D eigenvalue weighted by Crippen LogP contribution is 2.42. The van der Waals surface area contributed by atoms with Gasteiger partial charge in [-0.15, -0.1) is 10.6 Å². The number of nitrogens with zero attached hydrogens (tertiary/aromatic N) is 4. The second-order valence-electron chi connectivity index (χ2n) is 11.0. The van der Waals surface area contributed by atoms with Crippen molar-refractivity contribution in [1.82, 2.24) is 31.4 Å². The van der Waals surface area contributed by atoms with Crippen molar-refractivity contribution in [2.75, 3.05) is 17.7 Å². The number of hydrazine groups is 2. The molecule has 1 saturated carbocycles. The zero-order valence-electron chi connectivity index (χ0n) is 20.5. The molecule has 1 aliphatic carbocycles. The molecule has 0 bridgehead atoms. The molecule has 0 amide bonds. The van der Waals surface area contributed by atoms with Crippen molar-refractivity contribution in [2.45, 2.75) is 76.4 Å². The van der Waals surface area contributed by atoms with Crippen LogP contribution in [0.1, 0.15) is 70.4 Å². The van der Waals surface area contributed by atoms with Crippen LogP contribution in [0.2, 0.25) is 0 Å². The summed E-state index contributed by atoms with van der Waals surface area (Å²) in [6, 6.07) is 6.30. The molecule has 0 atom stereocenters. The average Bonchev–Trinajstić information content (AvgIpc) is 3.48. The van der Waals surface area contributed by atoms with Crippen LogP contribution in [-0.2, 0) is 0 Å². The topological polar surface area (TPSA) is 102 Å². The number of amidine groups is 1. The highest BCUT2D eigenvalue weighted by Gasteiger charge is 2.38. The molecule has 182 valence electrons. The molecule has 1 aromatic heterocycles. The monoisotopic (exact) mass is 467 g/mol. The molecule has 0 unspecified atom stereocenters. The first-order chi connectivity index (χ1) is 16.1. The normalized spacial score (nSPS) is 21.7. The minimum atomic E-state index is -0.455. The predicted molar refractivity (Wildman–Crippen MR) is 132 cm³/mol. The fourth-order valence-corrected chi connectivity index (χ4v) is 5.38. The molecule has 34 heavy (non-hydrogen) atoms. The summed E-state index contributed by atoms with van der Waals surface area (Å²) in [4.78, 5) is 8.66. The van der Waals surface area contributed by atoms with Gasteiger partial charge in [-0.25, -0.2) is 14.9 Å². The quantitative estimate of drug-likeness (QED) is 0.440. The first-order valence-electron chi connectivity index (χ1n) is 11.9. The SMILES string of the molecule is CN1NNN=C1c1cc(Nc2ncc(F)c(NC3CC(C)(C)NC(C)(C)C3)n2)ccc1C1CC1. The van der Waals surface area contributed by atoms with Crippen LogP contribution in [0, 0.1) is 5.82 Å². The molecule has 2 aromatic rings. The Kier molecular flexibility index (Phi) is 5.60. The second-order valence-corrected chi connectivity index (χ2v) is 11.0. The van der Waals surface area contributed by atoms with Gasteiger partial charge < -0.3 is 16.0 Å². The van der Waals surface area contributed by atoms with E-state index in [1.165, 1.54) is 24.6 Å². The lowest BCUT2D eigenvalue weighted by atomic mass is 9.79. The first-order valence-corrected chi connectivity index (χ1v) is 11.9. The number of hydrazone groups is 1. The molecule has 5 N–H and O–H groups in total. The maximum absolute atomic E-state index is 14.6. The fourth-order valence-electron chi connectivity index (χ4n) is 5.38. The third kappa shape index (κ3) is 4.92. The molecule has 10 heteroatoms. The summed E-state index contributed by atoms with van der Waals surface area (Å²) in [5.74, 6) is 1.50. The van der Waals surface area contributed by atoms with E-state index in [4.69, 9.17) is 0 Å². The van der Waals surface area contributed by atoms with Gasteiger partial charge in [0.15, 0.2) is 17.5 Å². The third-order valence-corrected chi connectivity index (χ3v) is 6.54. The lowest BCUT2D eigenvalue weighted by Gasteiger charge is -2.46. The molecular formula is C24H34FN9. The molecule has 9 nitrogen and oxygen atoms in total. The van der Waals surface area contributed by atoms with Gasteiger partial charge in [-0.2, -0.15) is 4.98 Å². The summed E-state index contributed by atoms with van der Waals surface area (Å²) in [7, 11) is 1.92. The molecule has 2 aliphatic heterocycles. The summed E-state index contributed by atoms with van der Waals surface area (Å²) in [6.45, 7) is 8.69. The summed E-state index contributed by atoms with van der Waals surface area (Å²) in [6.07, 6.45) is 5.34. The van der Waals surface area contributed by atoms with Gasteiger partial charge in [-0.05, 0) is 77.0 Å². The maximum Gasteiger partial charge on any atom is 0.229 e. The van der Waals surface area contributed by atoms with Crippen molar-refractivity contribution in [1.29, 1.82) is 0 Å². The van der Waals surface area contributed by atoms with Crippen molar-refractivity contribution in [2.24, 2.45) is 5.10 Å². The van der Waals surface area contributed by atoms with Gasteiger partial charge in [0.1, 0.15) is 0 Å². The van der Waals surface area contributed by atoms with Gasteiger partial charge in [0.05, 0.1) is 6.20 Å². The van der Waals surface area contributed by atoms with E-state index in [2.05, 4.69) is 81.9 Å². The van der Waals surface area contributed by atoms with Gasteiger partial charge in [-0.1, -0.05) is 6.07 Å². The van der Waals surface area contributed by atoms with Crippen LogP contribution in [0.4, 0.5) is 21.8 Å². The Morgan fingerprint density at radius 3 is 2.50 bits per heavy atom. The van der Waals surface area contributed by atoms with Crippen molar-refractivity contribution >= 4 is 23.3 Å². The Labute approximate surface area is 199 Å². The molecular weight excluding hydrogens is 433 g/mol. The van der Waals surface area contributed by atoms with E-state index in [1.807, 2.05) is 18.1 Å². The van der Waals surface area contributed by atoms with Crippen LogP contribution in [-0.4, -0.2) is 45.0 Å². The van der Waals surface area contributed by atoms with Crippen LogP contribution >= 0.6 is 0 Å². The Balaban J connectivity index is 1.37. The molecule has 3 aliphatic rings. The van der Waals surface area contributed by atoms with E-state index in [1.54, 1.807) is 0 Å². The maximum atomic E-state index is 14.6. The van der Waals surface area contributed by atoms with Crippen molar-refractivity contribution < 1.29 is 4.39 Å². The highest BCUT2D eigenvalue weighted by molar-refractivity contribution is 6.01. The lowest BCUT2D eigenvalue weighted by Crippen LogP contribution is -2.60. The van der Waals surface area contributed by atoms with Gasteiger partial charge in [0.25, 0.3) is 0 Å². The lowest BCUT2D eigenvalue weighted by molar-refractivity contribution is 0.170. The molecule has 0 spiro atoms. The van der Waals surface area contributed by atoms with Crippen molar-refractivity contribution in [3.8, 4) is 0 Å². The second kappa shape index (κ2) is 8.35. The molecule has 0 radical (unpaired) electrons. The van der Waals surface area contributed by atoms with E-state index in [0.29, 0.717) is 11.9 Å². The zero-order chi connectivity index (χ0) is 24.1. The van der Waals surface area contributed by atoms with E-state index in [0.717, 1.165) is 29.9 Å². The van der Waals surface area contributed by atoms with Gasteiger partial charge >= 0.3 is 0 Å². The molecule has 1 saturated heterocycles. The van der Waals surface area contributed by atoms with Crippen LogP contribution in [0.5, 0.6) is 0 Å². The number of rotatable bonds is 6. The standard InChI is InChI=1S/C24H34FN9/c1-23(2)11-16(12-24(3,4)31-23)27-20-19(25)13-26-22(29-20)28-15-8-9-17(14-6-7-14)18(10-15)21-30-32-33-34(21)5/h8-10,13-14,16,31-33H,6-7,11-12H2,1-5H3,(H2,26,27,28,29). The summed E-state index contributed by atoms with van der Waals surface area (Å²) in [5, 5.41) is 16.5. The minimum Gasteiger partial charge on any atom is -0.365 e. The van der Waals surface area contributed by atoms with Crippen molar-refractivity contribution in [3.63, 3.8) is 0 Å². The van der Waals surface area contributed by atoms with Crippen LogP contribution in [0.25, 0.3) is 0 Å². The van der Waals surface area contributed by atoms with E-state index >= 15 is 0 Å². The average molecular weight is 468 g/mol. The Hall–Kier alpha value is -2.98. The summed E-state index contributed by atoms with van der Waals surface area (Å²) < 4.78 is 14.6. The van der Waals surface area contributed by atoms with E-state index in [9.17, 15) is 4.39 Å². The Bertz CT molecular complexity index is 1090. The zero-order valence-corrected chi connectivity index (χ0v) is 20.5. The van der Waals surface area contributed by atoms with Gasteiger partial charge in [-0.3, -0.25) is 5.01 Å². The predicted octanol–water partition coefficient (Wildman–Crippen LogP) is 3.57. The highest BCUT2D eigenvalue weighted by atomic mass is 19.1. The molecule has 5 rings (SSSR count). The van der Waals surface area contributed by atoms with Crippen LogP contribution < -0.4 is 27.0 Å². The first kappa shape index (κ1) is 22.8. The number of anilines is 3. The number of aromatic nitrogens is 2. The van der Waals surface area contributed by atoms with Crippen LogP contribution in [0.3, 0.4) is 0 Å². The van der Waals surface area contributed by atoms with Crippen LogP contribution in [0.15, 0.2) is 29.5 Å². The number of piperidine rings is 1. The third-order valence-electron chi connectivity index (χ3n) is 6.54. The minimum absolute atomic E-state index is 0.0520. The molecule has 3 heterocycles. The number of nitrogens with one attached hydrogen (secondary N) is 5. The van der Waals surface area contributed by atoms with E-state index < -0.39 is 5.82 Å². The Morgan fingerprint density at radius 1 is 1.12 bits per heavy atom. The number of benzene rings is 1. The smallest absolute Gasteiger partial charge is 0.229 e. The summed E-state index contributed by atoms with van der Waals surface area (Å²) in [5.41, 5.74) is 8.82. The number of hydrogen-bond acceptors (Lipinski definition) is 9. The molecule has 2 fully saturated rings. The number of halogens is 1. The number of hydrogen-bond donors (Lipinski definition) is 5. The van der Waals surface area contributed by atoms with Gasteiger partial charge in [0.2, 0.25) is 5.95 Å². The fraction of sp³-hybridized carbons (Fsp3) is 0.542. The van der Waals surface area contributed by atoms with Crippen molar-refractivity contribution in [3.05, 3.63) is 41.3 Å². The largest absolute Gasteiger partial charge is 0.365 e. The Morgan fingerprint density at radius 2 is 1.85 bits per heavy atom. The van der Waals surface area contributed by atoms with Gasteiger partial charge in [0, 0.05) is 35.4 Å². The van der Waals surface area contributed by atoms with E-state index in [-0.39, 0.29) is 22.9 Å². The summed E-state index contributed by atoms with van der Waals surface area (Å²) >= 11 is 0.